The quantitative estimate of drug-likeness (QED) is 0.517. The molecule has 0 aromatic heterocycles. The number of carbonyl (C=O) groups is 1. The van der Waals surface area contributed by atoms with Crippen LogP contribution in [-0.4, -0.2) is 38.5 Å². The van der Waals surface area contributed by atoms with E-state index in [2.05, 4.69) is 19.1 Å². The molecule has 0 radical (unpaired) electrons. The number of thioether (sulfide) groups is 1. The zero-order valence-corrected chi connectivity index (χ0v) is 13.4. The molecule has 4 atom stereocenters. The molecule has 1 rings (SSSR count). The molecule has 0 aliphatic rings. The fraction of sp³-hybridized carbons (Fsp3) is 0.562. The summed E-state index contributed by atoms with van der Waals surface area (Å²) >= 11 is 1.81. The number of carbonyl (C=O) groups excluding carboxylic acids is 1. The minimum atomic E-state index is -0.413. The fourth-order valence-electron chi connectivity index (χ4n) is 2.39. The molecule has 0 fully saturated rings. The third-order valence-electron chi connectivity index (χ3n) is 3.53. The van der Waals surface area contributed by atoms with Gasteiger partial charge in [-0.15, -0.1) is 11.8 Å². The van der Waals surface area contributed by atoms with Crippen LogP contribution in [-0.2, 0) is 14.3 Å². The highest BCUT2D eigenvalue weighted by Crippen LogP contribution is 2.27. The van der Waals surface area contributed by atoms with E-state index in [1.165, 1.54) is 4.90 Å². The maximum absolute atomic E-state index is 11.0. The van der Waals surface area contributed by atoms with Crippen molar-refractivity contribution < 1.29 is 14.3 Å². The van der Waals surface area contributed by atoms with Crippen molar-refractivity contribution in [2.45, 2.75) is 31.0 Å². The van der Waals surface area contributed by atoms with Gasteiger partial charge >= 0.3 is 0 Å². The summed E-state index contributed by atoms with van der Waals surface area (Å²) in [5.41, 5.74) is 0. The van der Waals surface area contributed by atoms with Gasteiger partial charge < -0.3 is 14.3 Å². The minimum absolute atomic E-state index is 0.00126. The van der Waals surface area contributed by atoms with Gasteiger partial charge in [0.05, 0.1) is 6.10 Å². The van der Waals surface area contributed by atoms with Crippen LogP contribution in [0.25, 0.3) is 0 Å². The van der Waals surface area contributed by atoms with Crippen LogP contribution in [0.3, 0.4) is 0 Å². The molecule has 0 bridgehead atoms. The Morgan fingerprint density at radius 2 is 1.80 bits per heavy atom. The number of methoxy groups -OCH3 is 2. The van der Waals surface area contributed by atoms with E-state index in [9.17, 15) is 4.79 Å². The second kappa shape index (κ2) is 9.16. The van der Waals surface area contributed by atoms with Gasteiger partial charge in [-0.2, -0.15) is 0 Å². The van der Waals surface area contributed by atoms with Crippen molar-refractivity contribution in [3.05, 3.63) is 30.3 Å². The molecule has 0 unspecified atom stereocenters. The first-order valence-electron chi connectivity index (χ1n) is 6.82. The first-order chi connectivity index (χ1) is 9.63. The van der Waals surface area contributed by atoms with Crippen molar-refractivity contribution in [1.29, 1.82) is 0 Å². The molecule has 0 saturated carbocycles. The van der Waals surface area contributed by atoms with Crippen LogP contribution in [0.5, 0.6) is 0 Å². The number of rotatable bonds is 9. The van der Waals surface area contributed by atoms with Crippen molar-refractivity contribution in [2.24, 2.45) is 11.8 Å². The van der Waals surface area contributed by atoms with Crippen molar-refractivity contribution in [2.75, 3.05) is 20.0 Å². The molecule has 0 saturated heterocycles. The van der Waals surface area contributed by atoms with Crippen molar-refractivity contribution in [3.8, 4) is 0 Å². The zero-order valence-electron chi connectivity index (χ0n) is 12.6. The van der Waals surface area contributed by atoms with Crippen molar-refractivity contribution in [1.82, 2.24) is 0 Å². The van der Waals surface area contributed by atoms with Gasteiger partial charge in [-0.1, -0.05) is 32.0 Å². The summed E-state index contributed by atoms with van der Waals surface area (Å²) in [5.74, 6) is 1.31. The summed E-state index contributed by atoms with van der Waals surface area (Å²) in [5, 5.41) is 0. The van der Waals surface area contributed by atoms with Crippen LogP contribution in [0, 0.1) is 11.8 Å². The highest BCUT2D eigenvalue weighted by molar-refractivity contribution is 7.99. The molecule has 1 aromatic carbocycles. The van der Waals surface area contributed by atoms with Crippen LogP contribution in [0.1, 0.15) is 13.8 Å². The van der Waals surface area contributed by atoms with Gasteiger partial charge in [0.1, 0.15) is 12.4 Å². The molecule has 112 valence electrons. The summed E-state index contributed by atoms with van der Waals surface area (Å²) in [6.07, 6.45) is 0.443. The Hall–Kier alpha value is -0.840. The van der Waals surface area contributed by atoms with Gasteiger partial charge in [0, 0.05) is 30.8 Å². The molecule has 0 aliphatic carbocycles. The van der Waals surface area contributed by atoms with E-state index in [4.69, 9.17) is 9.47 Å². The number of benzene rings is 1. The number of hydrogen-bond donors (Lipinski definition) is 0. The molecule has 4 heteroatoms. The lowest BCUT2D eigenvalue weighted by Gasteiger charge is -2.30. The largest absolute Gasteiger partial charge is 0.381 e. The predicted octanol–water partition coefficient (Wildman–Crippen LogP) is 3.28. The van der Waals surface area contributed by atoms with E-state index in [0.717, 1.165) is 12.0 Å². The fourth-order valence-corrected chi connectivity index (χ4v) is 3.38. The average molecular weight is 296 g/mol. The van der Waals surface area contributed by atoms with Gasteiger partial charge in [-0.25, -0.2) is 0 Å². The topological polar surface area (TPSA) is 35.5 Å². The Bertz CT molecular complexity index is 383. The number of ether oxygens (including phenoxy) is 2. The third-order valence-corrected chi connectivity index (χ3v) is 4.83. The second-order valence-electron chi connectivity index (χ2n) is 5.00. The molecule has 3 nitrogen and oxygen atoms in total. The van der Waals surface area contributed by atoms with Crippen LogP contribution in [0.2, 0.25) is 0 Å². The van der Waals surface area contributed by atoms with E-state index in [-0.39, 0.29) is 12.0 Å². The lowest BCUT2D eigenvalue weighted by molar-refractivity contribution is -0.123. The summed E-state index contributed by atoms with van der Waals surface area (Å²) in [4.78, 5) is 12.3. The van der Waals surface area contributed by atoms with Gasteiger partial charge in [-0.05, 0) is 18.1 Å². The lowest BCUT2D eigenvalue weighted by Crippen LogP contribution is -2.38. The van der Waals surface area contributed by atoms with Gasteiger partial charge in [0.15, 0.2) is 0 Å². The first-order valence-corrected chi connectivity index (χ1v) is 7.81. The normalized spacial score (nSPS) is 17.2. The van der Waals surface area contributed by atoms with Gasteiger partial charge in [0.2, 0.25) is 0 Å². The Labute approximate surface area is 126 Å². The molecule has 0 N–H and O–H groups in total. The number of hydrogen-bond acceptors (Lipinski definition) is 4. The van der Waals surface area contributed by atoms with E-state index < -0.39 is 6.10 Å². The molecular formula is C16H24O3S. The summed E-state index contributed by atoms with van der Waals surface area (Å²) < 4.78 is 10.8. The predicted molar refractivity (Wildman–Crippen MR) is 83.2 cm³/mol. The van der Waals surface area contributed by atoms with E-state index in [1.807, 2.05) is 36.9 Å². The molecule has 20 heavy (non-hydrogen) atoms. The summed E-state index contributed by atoms with van der Waals surface area (Å²) in [6.45, 7) is 4.15. The highest BCUT2D eigenvalue weighted by atomic mass is 32.2. The summed E-state index contributed by atoms with van der Waals surface area (Å²) in [6, 6.07) is 10.3. The van der Waals surface area contributed by atoms with Gasteiger partial charge in [0.25, 0.3) is 0 Å². The molecule has 0 aliphatic heterocycles. The Morgan fingerprint density at radius 3 is 2.30 bits per heavy atom. The van der Waals surface area contributed by atoms with Crippen molar-refractivity contribution >= 4 is 18.0 Å². The van der Waals surface area contributed by atoms with Crippen LogP contribution in [0.15, 0.2) is 35.2 Å². The molecule has 0 spiro atoms. The van der Waals surface area contributed by atoms with Crippen LogP contribution in [0.4, 0.5) is 0 Å². The summed E-state index contributed by atoms with van der Waals surface area (Å²) in [7, 11) is 3.26. The minimum Gasteiger partial charge on any atom is -0.381 e. The van der Waals surface area contributed by atoms with E-state index >= 15 is 0 Å². The van der Waals surface area contributed by atoms with E-state index in [0.29, 0.717) is 5.92 Å². The third kappa shape index (κ3) is 4.93. The van der Waals surface area contributed by atoms with Crippen molar-refractivity contribution in [3.63, 3.8) is 0 Å². The maximum atomic E-state index is 11.0. The molecule has 1 aromatic rings. The monoisotopic (exact) mass is 296 g/mol. The van der Waals surface area contributed by atoms with Crippen LogP contribution >= 0.6 is 11.8 Å². The van der Waals surface area contributed by atoms with Gasteiger partial charge in [-0.3, -0.25) is 0 Å². The Morgan fingerprint density at radius 1 is 1.15 bits per heavy atom. The first kappa shape index (κ1) is 17.2. The number of aldehydes is 1. The molecule has 0 heterocycles. The second-order valence-corrected chi connectivity index (χ2v) is 6.09. The SMILES string of the molecule is CO[C@@H]([C@H](C)[C@@H](C=O)OC)[C@@H](C)CSc1ccccc1. The Kier molecular flexibility index (Phi) is 7.88. The smallest absolute Gasteiger partial charge is 0.149 e. The Balaban J connectivity index is 2.58. The van der Waals surface area contributed by atoms with E-state index in [1.54, 1.807) is 14.2 Å². The lowest BCUT2D eigenvalue weighted by atomic mass is 9.90. The molecular weight excluding hydrogens is 272 g/mol. The molecule has 0 amide bonds. The maximum Gasteiger partial charge on any atom is 0.149 e. The zero-order chi connectivity index (χ0) is 15.0. The van der Waals surface area contributed by atoms with Crippen LogP contribution < -0.4 is 0 Å². The average Bonchev–Trinajstić information content (AvgIpc) is 2.48. The standard InChI is InChI=1S/C16H24O3S/c1-12(11-20-14-8-6-5-7-9-14)16(19-4)13(2)15(10-17)18-3/h5-10,12-13,15-16H,11H2,1-4H3/t12-,13+,15+,16+/m0/s1. The highest BCUT2D eigenvalue weighted by Gasteiger charge is 2.29.